The lowest BCUT2D eigenvalue weighted by Gasteiger charge is -2.02. The Hall–Kier alpha value is -0.900. The number of aliphatic hydroxyl groups excluding tert-OH is 1. The van der Waals surface area contributed by atoms with Crippen molar-refractivity contribution >= 4 is 11.9 Å². The molecular formula is C13H24O4. The second-order valence-corrected chi connectivity index (χ2v) is 4.23. The molecule has 0 rings (SSSR count). The number of aliphatic hydroxyl groups is 1. The molecule has 0 unspecified atom stereocenters. The highest BCUT2D eigenvalue weighted by Crippen LogP contribution is 2.09. The SMILES string of the molecule is CCCCCCCCCCC(=O)OC(=O)CO. The summed E-state index contributed by atoms with van der Waals surface area (Å²) in [5.74, 6) is -1.40. The number of rotatable bonds is 10. The minimum absolute atomic E-state index is 0.265. The van der Waals surface area contributed by atoms with E-state index in [1.165, 1.54) is 32.1 Å². The molecule has 0 spiro atoms. The van der Waals surface area contributed by atoms with Crippen LogP contribution in [-0.4, -0.2) is 23.7 Å². The molecule has 4 nitrogen and oxygen atoms in total. The molecule has 0 saturated heterocycles. The van der Waals surface area contributed by atoms with Crippen LogP contribution < -0.4 is 0 Å². The van der Waals surface area contributed by atoms with Gasteiger partial charge in [0, 0.05) is 6.42 Å². The van der Waals surface area contributed by atoms with Crippen LogP contribution in [0.25, 0.3) is 0 Å². The Morgan fingerprint density at radius 3 is 1.94 bits per heavy atom. The molecule has 0 heterocycles. The van der Waals surface area contributed by atoms with Crippen LogP contribution in [0.2, 0.25) is 0 Å². The van der Waals surface area contributed by atoms with Gasteiger partial charge in [-0.15, -0.1) is 0 Å². The van der Waals surface area contributed by atoms with Crippen molar-refractivity contribution in [1.82, 2.24) is 0 Å². The summed E-state index contributed by atoms with van der Waals surface area (Å²) < 4.78 is 4.33. The number of hydrogen-bond acceptors (Lipinski definition) is 4. The summed E-state index contributed by atoms with van der Waals surface area (Å²) in [6.45, 7) is 1.46. The Balaban J connectivity index is 3.22. The Morgan fingerprint density at radius 1 is 0.882 bits per heavy atom. The van der Waals surface area contributed by atoms with Crippen molar-refractivity contribution in [2.75, 3.05) is 6.61 Å². The number of ether oxygens (including phenoxy) is 1. The van der Waals surface area contributed by atoms with E-state index in [0.717, 1.165) is 19.3 Å². The van der Waals surface area contributed by atoms with Crippen LogP contribution in [0.15, 0.2) is 0 Å². The molecule has 0 aliphatic heterocycles. The molecule has 0 fully saturated rings. The van der Waals surface area contributed by atoms with E-state index >= 15 is 0 Å². The summed E-state index contributed by atoms with van der Waals surface area (Å²) >= 11 is 0. The second kappa shape index (κ2) is 11.6. The van der Waals surface area contributed by atoms with E-state index in [1.807, 2.05) is 0 Å². The quantitative estimate of drug-likeness (QED) is 0.364. The number of carbonyl (C=O) groups excluding carboxylic acids is 2. The fourth-order valence-electron chi connectivity index (χ4n) is 1.61. The Bertz CT molecular complexity index is 213. The number of esters is 2. The zero-order valence-corrected chi connectivity index (χ0v) is 10.7. The number of hydrogen-bond donors (Lipinski definition) is 1. The zero-order valence-electron chi connectivity index (χ0n) is 10.7. The van der Waals surface area contributed by atoms with E-state index in [-0.39, 0.29) is 6.42 Å². The number of unbranched alkanes of at least 4 members (excludes halogenated alkanes) is 7. The summed E-state index contributed by atoms with van der Waals surface area (Å²) in [6.07, 6.45) is 9.47. The van der Waals surface area contributed by atoms with Gasteiger partial charge in [-0.05, 0) is 6.42 Å². The average Bonchev–Trinajstić information content (AvgIpc) is 2.32. The predicted octanol–water partition coefficient (Wildman–Crippen LogP) is 2.58. The summed E-state index contributed by atoms with van der Waals surface area (Å²) in [5, 5.41) is 8.37. The van der Waals surface area contributed by atoms with E-state index in [9.17, 15) is 9.59 Å². The molecule has 0 atom stereocenters. The molecule has 0 amide bonds. The first-order valence-corrected chi connectivity index (χ1v) is 6.55. The molecule has 0 aliphatic carbocycles. The second-order valence-electron chi connectivity index (χ2n) is 4.23. The smallest absolute Gasteiger partial charge is 0.339 e. The van der Waals surface area contributed by atoms with Gasteiger partial charge in [0.15, 0.2) is 0 Å². The molecule has 4 heteroatoms. The first-order chi connectivity index (χ1) is 8.20. The molecule has 1 N–H and O–H groups in total. The van der Waals surface area contributed by atoms with E-state index in [2.05, 4.69) is 11.7 Å². The van der Waals surface area contributed by atoms with Crippen molar-refractivity contribution in [2.24, 2.45) is 0 Å². The molecule has 0 bridgehead atoms. The van der Waals surface area contributed by atoms with Crippen molar-refractivity contribution in [2.45, 2.75) is 64.7 Å². The fraction of sp³-hybridized carbons (Fsp3) is 0.846. The summed E-state index contributed by atoms with van der Waals surface area (Å²) in [6, 6.07) is 0. The molecular weight excluding hydrogens is 220 g/mol. The predicted molar refractivity (Wildman–Crippen MR) is 65.4 cm³/mol. The fourth-order valence-corrected chi connectivity index (χ4v) is 1.61. The van der Waals surface area contributed by atoms with E-state index in [4.69, 9.17) is 5.11 Å². The maximum Gasteiger partial charge on any atom is 0.339 e. The molecule has 0 aliphatic rings. The molecule has 0 saturated carbocycles. The maximum absolute atomic E-state index is 11.0. The van der Waals surface area contributed by atoms with Crippen LogP contribution >= 0.6 is 0 Å². The topological polar surface area (TPSA) is 63.6 Å². The molecule has 0 radical (unpaired) electrons. The third-order valence-electron chi connectivity index (χ3n) is 2.59. The summed E-state index contributed by atoms with van der Waals surface area (Å²) in [4.78, 5) is 21.6. The van der Waals surface area contributed by atoms with E-state index < -0.39 is 18.5 Å². The average molecular weight is 244 g/mol. The minimum atomic E-state index is -0.866. The Morgan fingerprint density at radius 2 is 1.41 bits per heavy atom. The Kier molecular flexibility index (Phi) is 11.0. The van der Waals surface area contributed by atoms with Gasteiger partial charge >= 0.3 is 11.9 Å². The van der Waals surface area contributed by atoms with Gasteiger partial charge < -0.3 is 9.84 Å². The van der Waals surface area contributed by atoms with Gasteiger partial charge in [0.25, 0.3) is 0 Å². The van der Waals surface area contributed by atoms with Crippen LogP contribution in [0.5, 0.6) is 0 Å². The van der Waals surface area contributed by atoms with Gasteiger partial charge in [0.2, 0.25) is 0 Å². The molecule has 0 aromatic rings. The molecule has 100 valence electrons. The first-order valence-electron chi connectivity index (χ1n) is 6.55. The van der Waals surface area contributed by atoms with Crippen molar-refractivity contribution in [1.29, 1.82) is 0 Å². The summed E-state index contributed by atoms with van der Waals surface area (Å²) in [7, 11) is 0. The molecule has 0 aromatic carbocycles. The highest BCUT2D eigenvalue weighted by molar-refractivity contribution is 5.85. The third kappa shape index (κ3) is 11.4. The lowest BCUT2D eigenvalue weighted by molar-refractivity contribution is -0.161. The normalized spacial score (nSPS) is 10.2. The minimum Gasteiger partial charge on any atom is -0.391 e. The van der Waals surface area contributed by atoms with Crippen LogP contribution in [0, 0.1) is 0 Å². The van der Waals surface area contributed by atoms with Gasteiger partial charge in [-0.25, -0.2) is 4.79 Å². The van der Waals surface area contributed by atoms with Crippen LogP contribution in [0.4, 0.5) is 0 Å². The highest BCUT2D eigenvalue weighted by Gasteiger charge is 2.08. The standard InChI is InChI=1S/C13H24O4/c1-2-3-4-5-6-7-8-9-10-12(15)17-13(16)11-14/h14H,2-11H2,1H3. The zero-order chi connectivity index (χ0) is 12.9. The monoisotopic (exact) mass is 244 g/mol. The molecule has 17 heavy (non-hydrogen) atoms. The van der Waals surface area contributed by atoms with Crippen molar-refractivity contribution in [3.05, 3.63) is 0 Å². The lowest BCUT2D eigenvalue weighted by Crippen LogP contribution is -2.14. The van der Waals surface area contributed by atoms with Crippen LogP contribution in [0.3, 0.4) is 0 Å². The van der Waals surface area contributed by atoms with Crippen LogP contribution in [0.1, 0.15) is 64.7 Å². The van der Waals surface area contributed by atoms with Gasteiger partial charge in [-0.3, -0.25) is 4.79 Å². The lowest BCUT2D eigenvalue weighted by atomic mass is 10.1. The molecule has 0 aromatic heterocycles. The highest BCUT2D eigenvalue weighted by atomic mass is 16.6. The van der Waals surface area contributed by atoms with Crippen molar-refractivity contribution in [3.63, 3.8) is 0 Å². The van der Waals surface area contributed by atoms with E-state index in [1.54, 1.807) is 0 Å². The van der Waals surface area contributed by atoms with E-state index in [0.29, 0.717) is 0 Å². The number of carbonyl (C=O) groups is 2. The Labute approximate surface area is 103 Å². The van der Waals surface area contributed by atoms with Crippen LogP contribution in [-0.2, 0) is 14.3 Å². The van der Waals surface area contributed by atoms with Gasteiger partial charge in [-0.1, -0.05) is 51.9 Å². The van der Waals surface area contributed by atoms with Gasteiger partial charge in [-0.2, -0.15) is 0 Å². The third-order valence-corrected chi connectivity index (χ3v) is 2.59. The first kappa shape index (κ1) is 16.1. The van der Waals surface area contributed by atoms with Crippen molar-refractivity contribution < 1.29 is 19.4 Å². The maximum atomic E-state index is 11.0. The van der Waals surface area contributed by atoms with Gasteiger partial charge in [0.1, 0.15) is 6.61 Å². The largest absolute Gasteiger partial charge is 0.391 e. The van der Waals surface area contributed by atoms with Gasteiger partial charge in [0.05, 0.1) is 0 Å². The summed E-state index contributed by atoms with van der Waals surface area (Å²) in [5.41, 5.74) is 0. The van der Waals surface area contributed by atoms with Crippen molar-refractivity contribution in [3.8, 4) is 0 Å².